The molecule has 0 bridgehead atoms. The summed E-state index contributed by atoms with van der Waals surface area (Å²) in [5, 5.41) is 15.6. The van der Waals surface area contributed by atoms with Gasteiger partial charge in [0, 0.05) is 6.54 Å². The molecule has 4 heteroatoms. The molecule has 1 aromatic carbocycles. The van der Waals surface area contributed by atoms with Gasteiger partial charge in [0.15, 0.2) is 0 Å². The molecule has 0 radical (unpaired) electrons. The first-order valence-electron chi connectivity index (χ1n) is 6.95. The maximum absolute atomic E-state index is 12.1. The fourth-order valence-corrected chi connectivity index (χ4v) is 2.45. The Hall–Kier alpha value is -1.39. The van der Waals surface area contributed by atoms with Gasteiger partial charge in [-0.25, -0.2) is 0 Å². The third-order valence-electron chi connectivity index (χ3n) is 3.56. The highest BCUT2D eigenvalue weighted by Crippen LogP contribution is 2.11. The van der Waals surface area contributed by atoms with Gasteiger partial charge < -0.3 is 15.7 Å². The van der Waals surface area contributed by atoms with Crippen LogP contribution in [0.15, 0.2) is 30.3 Å². The standard InChI is InChI=1S/C15H22N2O2/c18-11-14(9-12-5-2-1-3-6-12)17-15(19)13-7-4-8-16-10-13/h1-3,5-6,13-14,16,18H,4,7-11H2,(H,17,19)/t13-,14-/m1/s1. The van der Waals surface area contributed by atoms with Gasteiger partial charge in [0.25, 0.3) is 0 Å². The maximum Gasteiger partial charge on any atom is 0.224 e. The minimum absolute atomic E-state index is 0.0270. The van der Waals surface area contributed by atoms with Crippen LogP contribution >= 0.6 is 0 Å². The molecule has 1 aliphatic rings. The summed E-state index contributed by atoms with van der Waals surface area (Å²) in [6, 6.07) is 9.72. The first-order valence-corrected chi connectivity index (χ1v) is 6.95. The predicted molar refractivity (Wildman–Crippen MR) is 74.8 cm³/mol. The quantitative estimate of drug-likeness (QED) is 0.732. The van der Waals surface area contributed by atoms with Crippen molar-refractivity contribution < 1.29 is 9.90 Å². The molecule has 2 rings (SSSR count). The minimum Gasteiger partial charge on any atom is -0.394 e. The second-order valence-corrected chi connectivity index (χ2v) is 5.12. The fourth-order valence-electron chi connectivity index (χ4n) is 2.45. The SMILES string of the molecule is O=C(N[C@@H](CO)Cc1ccccc1)[C@@H]1CCCNC1. The molecule has 2 atom stereocenters. The average Bonchev–Trinajstić information content (AvgIpc) is 2.48. The number of hydrogen-bond donors (Lipinski definition) is 3. The van der Waals surface area contributed by atoms with E-state index >= 15 is 0 Å². The Labute approximate surface area is 114 Å². The highest BCUT2D eigenvalue weighted by molar-refractivity contribution is 5.79. The van der Waals surface area contributed by atoms with Crippen molar-refractivity contribution in [3.8, 4) is 0 Å². The molecular weight excluding hydrogens is 240 g/mol. The number of carbonyl (C=O) groups is 1. The molecule has 1 heterocycles. The summed E-state index contributed by atoms with van der Waals surface area (Å²) < 4.78 is 0. The molecule has 0 spiro atoms. The number of nitrogens with one attached hydrogen (secondary N) is 2. The summed E-state index contributed by atoms with van der Waals surface area (Å²) in [6.07, 6.45) is 2.64. The van der Waals surface area contributed by atoms with Gasteiger partial charge in [-0.3, -0.25) is 4.79 Å². The van der Waals surface area contributed by atoms with Crippen molar-refractivity contribution in [3.63, 3.8) is 0 Å². The Morgan fingerprint density at radius 2 is 2.21 bits per heavy atom. The third-order valence-corrected chi connectivity index (χ3v) is 3.56. The Bertz CT molecular complexity index is 388. The zero-order valence-electron chi connectivity index (χ0n) is 11.1. The number of amides is 1. The average molecular weight is 262 g/mol. The maximum atomic E-state index is 12.1. The Morgan fingerprint density at radius 1 is 1.42 bits per heavy atom. The van der Waals surface area contributed by atoms with Crippen LogP contribution in [0.25, 0.3) is 0 Å². The summed E-state index contributed by atoms with van der Waals surface area (Å²) in [4.78, 5) is 12.1. The summed E-state index contributed by atoms with van der Waals surface area (Å²) >= 11 is 0. The van der Waals surface area contributed by atoms with Gasteiger partial charge in [0.05, 0.1) is 18.6 Å². The van der Waals surface area contributed by atoms with Crippen molar-refractivity contribution in [2.75, 3.05) is 19.7 Å². The van der Waals surface area contributed by atoms with Gasteiger partial charge >= 0.3 is 0 Å². The predicted octanol–water partition coefficient (Wildman–Crippen LogP) is 0.706. The number of benzene rings is 1. The molecule has 1 aliphatic heterocycles. The first-order chi connectivity index (χ1) is 9.29. The molecule has 1 saturated heterocycles. The van der Waals surface area contributed by atoms with Crippen LogP contribution in [0.4, 0.5) is 0 Å². The Balaban J connectivity index is 1.86. The number of carbonyl (C=O) groups excluding carboxylic acids is 1. The number of aliphatic hydroxyl groups is 1. The van der Waals surface area contributed by atoms with Crippen LogP contribution in [-0.4, -0.2) is 36.8 Å². The van der Waals surface area contributed by atoms with E-state index in [0.29, 0.717) is 6.42 Å². The molecule has 104 valence electrons. The normalized spacial score (nSPS) is 20.8. The van der Waals surface area contributed by atoms with Gasteiger partial charge in [-0.15, -0.1) is 0 Å². The van der Waals surface area contributed by atoms with Crippen molar-refractivity contribution in [2.24, 2.45) is 5.92 Å². The molecule has 4 nitrogen and oxygen atoms in total. The van der Waals surface area contributed by atoms with Crippen LogP contribution in [0, 0.1) is 5.92 Å². The van der Waals surface area contributed by atoms with E-state index in [2.05, 4.69) is 10.6 Å². The monoisotopic (exact) mass is 262 g/mol. The lowest BCUT2D eigenvalue weighted by Gasteiger charge is -2.24. The molecule has 3 N–H and O–H groups in total. The Kier molecular flexibility index (Phi) is 5.36. The summed E-state index contributed by atoms with van der Waals surface area (Å²) in [6.45, 7) is 1.72. The molecule has 0 saturated carbocycles. The van der Waals surface area contributed by atoms with Crippen LogP contribution in [0.3, 0.4) is 0 Å². The van der Waals surface area contributed by atoms with Crippen LogP contribution in [0.2, 0.25) is 0 Å². The first kappa shape index (κ1) is 14.0. The van der Waals surface area contributed by atoms with Crippen molar-refractivity contribution >= 4 is 5.91 Å². The molecule has 19 heavy (non-hydrogen) atoms. The van der Waals surface area contributed by atoms with E-state index in [9.17, 15) is 9.90 Å². The lowest BCUT2D eigenvalue weighted by Crippen LogP contribution is -2.46. The highest BCUT2D eigenvalue weighted by Gasteiger charge is 2.22. The molecule has 1 amide bonds. The molecule has 0 unspecified atom stereocenters. The van der Waals surface area contributed by atoms with Crippen molar-refractivity contribution in [1.29, 1.82) is 0 Å². The van der Waals surface area contributed by atoms with Crippen molar-refractivity contribution in [1.82, 2.24) is 10.6 Å². The van der Waals surface area contributed by atoms with Crippen LogP contribution < -0.4 is 10.6 Å². The zero-order valence-corrected chi connectivity index (χ0v) is 11.1. The van der Waals surface area contributed by atoms with Crippen LogP contribution in [-0.2, 0) is 11.2 Å². The number of piperidine rings is 1. The van der Waals surface area contributed by atoms with E-state index in [1.807, 2.05) is 30.3 Å². The number of aliphatic hydroxyl groups excluding tert-OH is 1. The smallest absolute Gasteiger partial charge is 0.224 e. The van der Waals surface area contributed by atoms with Gasteiger partial charge in [-0.05, 0) is 31.4 Å². The van der Waals surface area contributed by atoms with Crippen LogP contribution in [0.5, 0.6) is 0 Å². The highest BCUT2D eigenvalue weighted by atomic mass is 16.3. The van der Waals surface area contributed by atoms with Gasteiger partial charge in [-0.1, -0.05) is 30.3 Å². The van der Waals surface area contributed by atoms with E-state index in [1.54, 1.807) is 0 Å². The van der Waals surface area contributed by atoms with Crippen molar-refractivity contribution in [2.45, 2.75) is 25.3 Å². The van der Waals surface area contributed by atoms with Crippen molar-refractivity contribution in [3.05, 3.63) is 35.9 Å². The summed E-state index contributed by atoms with van der Waals surface area (Å²) in [7, 11) is 0. The molecule has 0 aromatic heterocycles. The van der Waals surface area contributed by atoms with E-state index < -0.39 is 0 Å². The van der Waals surface area contributed by atoms with Crippen LogP contribution in [0.1, 0.15) is 18.4 Å². The topological polar surface area (TPSA) is 61.4 Å². The van der Waals surface area contributed by atoms with Gasteiger partial charge in [0.1, 0.15) is 0 Å². The fraction of sp³-hybridized carbons (Fsp3) is 0.533. The second-order valence-electron chi connectivity index (χ2n) is 5.12. The molecular formula is C15H22N2O2. The minimum atomic E-state index is -0.197. The van der Waals surface area contributed by atoms with Gasteiger partial charge in [-0.2, -0.15) is 0 Å². The zero-order chi connectivity index (χ0) is 13.5. The van der Waals surface area contributed by atoms with E-state index in [1.165, 1.54) is 0 Å². The van der Waals surface area contributed by atoms with E-state index in [0.717, 1.165) is 31.5 Å². The van der Waals surface area contributed by atoms with E-state index in [4.69, 9.17) is 0 Å². The third kappa shape index (κ3) is 4.33. The summed E-state index contributed by atoms with van der Waals surface area (Å²) in [5.74, 6) is 0.0979. The summed E-state index contributed by atoms with van der Waals surface area (Å²) in [5.41, 5.74) is 1.13. The molecule has 0 aliphatic carbocycles. The number of rotatable bonds is 5. The largest absolute Gasteiger partial charge is 0.394 e. The Morgan fingerprint density at radius 3 is 2.84 bits per heavy atom. The second kappa shape index (κ2) is 7.26. The number of hydrogen-bond acceptors (Lipinski definition) is 3. The van der Waals surface area contributed by atoms with Gasteiger partial charge in [0.2, 0.25) is 5.91 Å². The molecule has 1 aromatic rings. The lowest BCUT2D eigenvalue weighted by atomic mass is 9.98. The van der Waals surface area contributed by atoms with E-state index in [-0.39, 0.29) is 24.5 Å². The molecule has 1 fully saturated rings. The lowest BCUT2D eigenvalue weighted by molar-refractivity contribution is -0.126.